The van der Waals surface area contributed by atoms with E-state index in [-0.39, 0.29) is 0 Å². The van der Waals surface area contributed by atoms with Gasteiger partial charge >= 0.3 is 0 Å². The van der Waals surface area contributed by atoms with Gasteiger partial charge in [-0.05, 0) is 55.0 Å². The van der Waals surface area contributed by atoms with E-state index in [1.165, 1.54) is 22.0 Å². The van der Waals surface area contributed by atoms with Gasteiger partial charge in [-0.25, -0.2) is 0 Å². The first kappa shape index (κ1) is 21.1. The molecule has 3 rings (SSSR count). The topological polar surface area (TPSA) is 69.5 Å². The Kier molecular flexibility index (Phi) is 6.70. The van der Waals surface area contributed by atoms with Gasteiger partial charge in [-0.2, -0.15) is 0 Å². The molecule has 0 saturated heterocycles. The Hall–Kier alpha value is -2.66. The molecule has 0 saturated carbocycles. The van der Waals surface area contributed by atoms with Gasteiger partial charge in [-0.3, -0.25) is 0 Å². The van der Waals surface area contributed by atoms with Gasteiger partial charge in [0.25, 0.3) is 0 Å². The number of benzene rings is 2. The maximum Gasteiger partial charge on any atom is 0.203 e. The molecule has 29 heavy (non-hydrogen) atoms. The Morgan fingerprint density at radius 1 is 0.966 bits per heavy atom. The summed E-state index contributed by atoms with van der Waals surface area (Å²) < 4.78 is 16.7. The number of methoxy groups -OCH3 is 3. The van der Waals surface area contributed by atoms with E-state index in [1.807, 2.05) is 12.1 Å². The van der Waals surface area contributed by atoms with Crippen molar-refractivity contribution >= 4 is 10.9 Å². The molecule has 0 aliphatic rings. The van der Waals surface area contributed by atoms with E-state index < -0.39 is 0 Å². The highest BCUT2D eigenvalue weighted by Crippen LogP contribution is 2.43. The molecule has 0 amide bonds. The lowest BCUT2D eigenvalue weighted by Gasteiger charge is -2.14. The van der Waals surface area contributed by atoms with Crippen molar-refractivity contribution in [2.75, 3.05) is 27.9 Å². The van der Waals surface area contributed by atoms with Crippen LogP contribution in [0, 0.1) is 0 Å². The third-order valence-electron chi connectivity index (χ3n) is 5.43. The number of aromatic amines is 1. The Balaban J connectivity index is 2.25. The first-order valence-corrected chi connectivity index (χ1v) is 10.2. The van der Waals surface area contributed by atoms with Crippen LogP contribution in [0.4, 0.5) is 0 Å². The van der Waals surface area contributed by atoms with Crippen LogP contribution in [-0.4, -0.2) is 32.9 Å². The highest BCUT2D eigenvalue weighted by Gasteiger charge is 2.20. The van der Waals surface area contributed by atoms with Crippen LogP contribution in [0.15, 0.2) is 30.3 Å². The molecule has 5 heteroatoms. The number of nitrogens with one attached hydrogen (secondary N) is 1. The second kappa shape index (κ2) is 9.23. The predicted molar refractivity (Wildman–Crippen MR) is 119 cm³/mol. The fourth-order valence-corrected chi connectivity index (χ4v) is 3.96. The molecule has 1 heterocycles. The van der Waals surface area contributed by atoms with E-state index >= 15 is 0 Å². The van der Waals surface area contributed by atoms with E-state index in [1.54, 1.807) is 21.3 Å². The highest BCUT2D eigenvalue weighted by atomic mass is 16.5. The molecule has 0 spiro atoms. The van der Waals surface area contributed by atoms with Crippen LogP contribution >= 0.6 is 0 Å². The van der Waals surface area contributed by atoms with Gasteiger partial charge in [0.05, 0.1) is 21.3 Å². The molecular formula is C24H32N2O3. The average molecular weight is 397 g/mol. The van der Waals surface area contributed by atoms with E-state index in [4.69, 9.17) is 19.9 Å². The fraction of sp³-hybridized carbons (Fsp3) is 0.417. The summed E-state index contributed by atoms with van der Waals surface area (Å²) in [7, 11) is 4.91. The van der Waals surface area contributed by atoms with Crippen LogP contribution in [0.3, 0.4) is 0 Å². The quantitative estimate of drug-likeness (QED) is 0.484. The molecule has 1 aromatic heterocycles. The molecule has 0 fully saturated rings. The lowest BCUT2D eigenvalue weighted by atomic mass is 9.96. The molecule has 0 aliphatic heterocycles. The van der Waals surface area contributed by atoms with Gasteiger partial charge in [0.15, 0.2) is 11.5 Å². The second-order valence-electron chi connectivity index (χ2n) is 7.56. The van der Waals surface area contributed by atoms with Crippen molar-refractivity contribution in [2.24, 2.45) is 5.73 Å². The third kappa shape index (κ3) is 4.06. The maximum atomic E-state index is 5.75. The summed E-state index contributed by atoms with van der Waals surface area (Å²) in [6.45, 7) is 5.16. The van der Waals surface area contributed by atoms with Crippen molar-refractivity contribution in [2.45, 2.75) is 39.0 Å². The summed E-state index contributed by atoms with van der Waals surface area (Å²) in [5.74, 6) is 2.33. The predicted octanol–water partition coefficient (Wildman–Crippen LogP) is 5.27. The van der Waals surface area contributed by atoms with Gasteiger partial charge in [0, 0.05) is 22.2 Å². The van der Waals surface area contributed by atoms with Crippen molar-refractivity contribution < 1.29 is 14.2 Å². The average Bonchev–Trinajstić information content (AvgIpc) is 3.11. The first-order valence-electron chi connectivity index (χ1n) is 10.2. The van der Waals surface area contributed by atoms with Gasteiger partial charge < -0.3 is 24.9 Å². The zero-order valence-electron chi connectivity index (χ0n) is 18.1. The molecule has 156 valence electrons. The number of para-hydroxylation sites is 1. The van der Waals surface area contributed by atoms with Crippen LogP contribution in [0.5, 0.6) is 17.2 Å². The van der Waals surface area contributed by atoms with Crippen molar-refractivity contribution in [3.63, 3.8) is 0 Å². The number of aryl methyl sites for hydroxylation is 1. The van der Waals surface area contributed by atoms with Crippen LogP contribution in [0.1, 0.15) is 43.7 Å². The normalized spacial score (nSPS) is 11.3. The van der Waals surface area contributed by atoms with Gasteiger partial charge in [0.2, 0.25) is 5.75 Å². The molecular weight excluding hydrogens is 364 g/mol. The number of hydrogen-bond acceptors (Lipinski definition) is 4. The van der Waals surface area contributed by atoms with Crippen LogP contribution < -0.4 is 19.9 Å². The van der Waals surface area contributed by atoms with Crippen molar-refractivity contribution in [3.8, 4) is 28.5 Å². The second-order valence-corrected chi connectivity index (χ2v) is 7.56. The largest absolute Gasteiger partial charge is 0.493 e. The van der Waals surface area contributed by atoms with E-state index in [0.29, 0.717) is 29.7 Å². The number of hydrogen-bond donors (Lipinski definition) is 2. The summed E-state index contributed by atoms with van der Waals surface area (Å²) in [5.41, 5.74) is 11.7. The summed E-state index contributed by atoms with van der Waals surface area (Å²) in [5, 5.41) is 1.27. The van der Waals surface area contributed by atoms with Crippen LogP contribution in [-0.2, 0) is 6.42 Å². The van der Waals surface area contributed by atoms with Gasteiger partial charge in [-0.1, -0.05) is 32.0 Å². The molecule has 3 aromatic rings. The van der Waals surface area contributed by atoms with Crippen LogP contribution in [0.2, 0.25) is 0 Å². The third-order valence-corrected chi connectivity index (χ3v) is 5.43. The molecule has 2 aromatic carbocycles. The van der Waals surface area contributed by atoms with Crippen molar-refractivity contribution in [1.29, 1.82) is 0 Å². The molecule has 0 aliphatic carbocycles. The number of aromatic nitrogens is 1. The Labute approximate surface area is 173 Å². The maximum absolute atomic E-state index is 5.75. The van der Waals surface area contributed by atoms with Gasteiger partial charge in [-0.15, -0.1) is 0 Å². The molecule has 5 nitrogen and oxygen atoms in total. The molecule has 0 bridgehead atoms. The molecule has 0 unspecified atom stereocenters. The van der Waals surface area contributed by atoms with Crippen molar-refractivity contribution in [3.05, 3.63) is 41.5 Å². The smallest absolute Gasteiger partial charge is 0.203 e. The molecule has 0 radical (unpaired) electrons. The number of nitrogens with two attached hydrogens (primary N) is 1. The zero-order chi connectivity index (χ0) is 21.0. The fourth-order valence-electron chi connectivity index (χ4n) is 3.96. The monoisotopic (exact) mass is 396 g/mol. The van der Waals surface area contributed by atoms with E-state index in [9.17, 15) is 0 Å². The van der Waals surface area contributed by atoms with E-state index in [2.05, 4.69) is 37.0 Å². The number of rotatable bonds is 9. The summed E-state index contributed by atoms with van der Waals surface area (Å²) in [6, 6.07) is 10.6. The highest BCUT2D eigenvalue weighted by molar-refractivity contribution is 5.93. The summed E-state index contributed by atoms with van der Waals surface area (Å²) in [6.07, 6.45) is 3.02. The minimum Gasteiger partial charge on any atom is -0.493 e. The van der Waals surface area contributed by atoms with Gasteiger partial charge in [0.1, 0.15) is 0 Å². The lowest BCUT2D eigenvalue weighted by molar-refractivity contribution is 0.324. The lowest BCUT2D eigenvalue weighted by Crippen LogP contribution is -2.00. The number of ether oxygens (including phenoxy) is 3. The number of unbranched alkanes of at least 4 members (excludes halogenated alkanes) is 1. The Morgan fingerprint density at radius 3 is 2.21 bits per heavy atom. The molecule has 0 atom stereocenters. The summed E-state index contributed by atoms with van der Waals surface area (Å²) in [4.78, 5) is 3.71. The minimum absolute atomic E-state index is 0.432. The Morgan fingerprint density at radius 2 is 1.66 bits per heavy atom. The number of H-pyrrole nitrogens is 1. The molecule has 3 N–H and O–H groups in total. The minimum atomic E-state index is 0.432. The first-order chi connectivity index (χ1) is 14.0. The SMILES string of the molecule is COc1cc(-c2[nH]c3c(C(C)C)cccc3c2CCCCN)cc(OC)c1OC. The van der Waals surface area contributed by atoms with Crippen molar-refractivity contribution in [1.82, 2.24) is 4.98 Å². The summed E-state index contributed by atoms with van der Waals surface area (Å²) >= 11 is 0. The Bertz CT molecular complexity index is 951. The number of fused-ring (bicyclic) bond motifs is 1. The van der Waals surface area contributed by atoms with Crippen LogP contribution in [0.25, 0.3) is 22.2 Å². The zero-order valence-corrected chi connectivity index (χ0v) is 18.1. The van der Waals surface area contributed by atoms with E-state index in [0.717, 1.165) is 30.5 Å². The standard InChI is InChI=1S/C24H32N2O3/c1-15(2)17-10-8-11-19-18(9-6-7-12-25)22(26-23(17)19)16-13-20(27-3)24(29-5)21(14-16)28-4/h8,10-11,13-15,26H,6-7,9,12,25H2,1-5H3.